The first kappa shape index (κ1) is 20.0. The molecule has 0 unspecified atom stereocenters. The summed E-state index contributed by atoms with van der Waals surface area (Å²) < 4.78 is 28.7. The van der Waals surface area contributed by atoms with Crippen molar-refractivity contribution >= 4 is 15.7 Å². The third-order valence-corrected chi connectivity index (χ3v) is 5.15. The lowest BCUT2D eigenvalue weighted by molar-refractivity contribution is -0.123. The van der Waals surface area contributed by atoms with E-state index in [4.69, 9.17) is 4.74 Å². The molecule has 5 nitrogen and oxygen atoms in total. The van der Waals surface area contributed by atoms with Gasteiger partial charge in [0.1, 0.15) is 5.75 Å². The van der Waals surface area contributed by atoms with Crippen LogP contribution < -0.4 is 10.1 Å². The van der Waals surface area contributed by atoms with Crippen molar-refractivity contribution in [3.05, 3.63) is 59.2 Å². The molecule has 0 heterocycles. The van der Waals surface area contributed by atoms with Gasteiger partial charge in [-0.25, -0.2) is 8.42 Å². The highest BCUT2D eigenvalue weighted by atomic mass is 32.2. The van der Waals surface area contributed by atoms with E-state index in [-0.39, 0.29) is 23.5 Å². The van der Waals surface area contributed by atoms with Crippen molar-refractivity contribution in [1.29, 1.82) is 0 Å². The first-order valence-electron chi connectivity index (χ1n) is 8.49. The summed E-state index contributed by atoms with van der Waals surface area (Å²) in [6.45, 7) is 5.85. The number of rotatable bonds is 7. The van der Waals surface area contributed by atoms with E-state index in [1.807, 2.05) is 39.0 Å². The van der Waals surface area contributed by atoms with Crippen LogP contribution in [0, 0.1) is 13.8 Å². The third-order valence-electron chi connectivity index (χ3n) is 4.02. The summed E-state index contributed by atoms with van der Waals surface area (Å²) in [6, 6.07) is 12.2. The highest BCUT2D eigenvalue weighted by Crippen LogP contribution is 2.20. The van der Waals surface area contributed by atoms with E-state index in [0.29, 0.717) is 12.2 Å². The van der Waals surface area contributed by atoms with Crippen LogP contribution in [0.5, 0.6) is 5.75 Å². The van der Waals surface area contributed by atoms with Crippen molar-refractivity contribution < 1.29 is 17.9 Å². The van der Waals surface area contributed by atoms with Crippen LogP contribution in [-0.4, -0.2) is 27.2 Å². The molecule has 0 saturated carbocycles. The molecule has 0 aromatic heterocycles. The van der Waals surface area contributed by atoms with Gasteiger partial charge in [0.2, 0.25) is 0 Å². The lowest BCUT2D eigenvalue weighted by atomic mass is 10.0. The van der Waals surface area contributed by atoms with Crippen LogP contribution in [-0.2, 0) is 14.6 Å². The van der Waals surface area contributed by atoms with E-state index in [2.05, 4.69) is 5.32 Å². The van der Waals surface area contributed by atoms with Gasteiger partial charge >= 0.3 is 0 Å². The Morgan fingerprint density at radius 1 is 1.08 bits per heavy atom. The molecule has 0 saturated heterocycles. The fraction of sp³-hybridized carbons (Fsp3) is 0.350. The second-order valence-electron chi connectivity index (χ2n) is 6.48. The Morgan fingerprint density at radius 3 is 2.15 bits per heavy atom. The quantitative estimate of drug-likeness (QED) is 0.805. The van der Waals surface area contributed by atoms with E-state index in [1.54, 1.807) is 24.3 Å². The summed E-state index contributed by atoms with van der Waals surface area (Å²) in [4.78, 5) is 12.5. The second-order valence-corrected chi connectivity index (χ2v) is 8.50. The number of sulfone groups is 1. The average molecular weight is 375 g/mol. The lowest BCUT2D eigenvalue weighted by Gasteiger charge is -2.18. The predicted octanol–water partition coefficient (Wildman–Crippen LogP) is 3.35. The number of hydrogen-bond acceptors (Lipinski definition) is 4. The summed E-state index contributed by atoms with van der Waals surface area (Å²) in [5.41, 5.74) is 3.02. The van der Waals surface area contributed by atoms with Crippen LogP contribution in [0.2, 0.25) is 0 Å². The van der Waals surface area contributed by atoms with Crippen LogP contribution >= 0.6 is 0 Å². The minimum atomic E-state index is -3.23. The van der Waals surface area contributed by atoms with Crippen molar-refractivity contribution in [3.63, 3.8) is 0 Å². The zero-order valence-electron chi connectivity index (χ0n) is 15.6. The fourth-order valence-electron chi connectivity index (χ4n) is 2.77. The summed E-state index contributed by atoms with van der Waals surface area (Å²) >= 11 is 0. The zero-order chi connectivity index (χ0) is 19.3. The monoisotopic (exact) mass is 375 g/mol. The van der Waals surface area contributed by atoms with E-state index in [9.17, 15) is 13.2 Å². The summed E-state index contributed by atoms with van der Waals surface area (Å²) in [7, 11) is -3.23. The average Bonchev–Trinajstić information content (AvgIpc) is 2.56. The van der Waals surface area contributed by atoms with Crippen LogP contribution in [0.4, 0.5) is 0 Å². The number of benzene rings is 2. The van der Waals surface area contributed by atoms with Gasteiger partial charge in [-0.15, -0.1) is 0 Å². The van der Waals surface area contributed by atoms with Gasteiger partial charge in [0.05, 0.1) is 10.9 Å². The zero-order valence-corrected chi connectivity index (χ0v) is 16.4. The molecule has 26 heavy (non-hydrogen) atoms. The molecule has 2 aromatic rings. The number of carbonyl (C=O) groups is 1. The minimum absolute atomic E-state index is 0.0686. The van der Waals surface area contributed by atoms with Crippen LogP contribution in [0.25, 0.3) is 0 Å². The molecule has 1 N–H and O–H groups in total. The van der Waals surface area contributed by atoms with Gasteiger partial charge in [0.25, 0.3) is 5.91 Å². The van der Waals surface area contributed by atoms with Crippen molar-refractivity contribution in [3.8, 4) is 5.75 Å². The molecule has 0 fully saturated rings. The fourth-order valence-corrected chi connectivity index (χ4v) is 3.40. The van der Waals surface area contributed by atoms with Gasteiger partial charge in [-0.1, -0.05) is 25.1 Å². The highest BCUT2D eigenvalue weighted by molar-refractivity contribution is 7.90. The molecule has 140 valence electrons. The highest BCUT2D eigenvalue weighted by Gasteiger charge is 2.15. The Labute approximate surface area is 155 Å². The second kappa shape index (κ2) is 8.36. The van der Waals surface area contributed by atoms with E-state index < -0.39 is 9.84 Å². The van der Waals surface area contributed by atoms with Crippen molar-refractivity contribution in [2.24, 2.45) is 0 Å². The van der Waals surface area contributed by atoms with E-state index in [0.717, 1.165) is 16.7 Å². The first-order chi connectivity index (χ1) is 12.2. The summed E-state index contributed by atoms with van der Waals surface area (Å²) in [5.74, 6) is 0.450. The Bertz CT molecular complexity index is 853. The number of carbonyl (C=O) groups excluding carboxylic acids is 1. The molecule has 2 aromatic carbocycles. The maximum Gasteiger partial charge on any atom is 0.258 e. The molecule has 1 amide bonds. The SMILES string of the molecule is CC[C@H](NC(=O)COc1cc(C)cc(C)c1)c1ccc(S(C)(=O)=O)cc1. The van der Waals surface area contributed by atoms with Crippen LogP contribution in [0.15, 0.2) is 47.4 Å². The Hall–Kier alpha value is -2.34. The molecule has 0 radical (unpaired) electrons. The molecule has 1 atom stereocenters. The smallest absolute Gasteiger partial charge is 0.258 e. The van der Waals surface area contributed by atoms with Crippen LogP contribution in [0.3, 0.4) is 0 Å². The largest absolute Gasteiger partial charge is 0.484 e. The lowest BCUT2D eigenvalue weighted by Crippen LogP contribution is -2.32. The van der Waals surface area contributed by atoms with Gasteiger partial charge in [-0.2, -0.15) is 0 Å². The van der Waals surface area contributed by atoms with Crippen LogP contribution in [0.1, 0.15) is 36.1 Å². The predicted molar refractivity (Wildman–Crippen MR) is 102 cm³/mol. The molecular formula is C20H25NO4S. The molecule has 0 spiro atoms. The normalized spacial score (nSPS) is 12.5. The number of ether oxygens (including phenoxy) is 1. The molecule has 0 aliphatic carbocycles. The van der Waals surface area contributed by atoms with Gasteiger partial charge < -0.3 is 10.1 Å². The summed E-state index contributed by atoms with van der Waals surface area (Å²) in [6.07, 6.45) is 1.86. The standard InChI is InChI=1S/C20H25NO4S/c1-5-19(16-6-8-18(9-7-16)26(4,23)24)21-20(22)13-25-17-11-14(2)10-15(3)12-17/h6-12,19H,5,13H2,1-4H3,(H,21,22)/t19-/m0/s1. The van der Waals surface area contributed by atoms with Gasteiger partial charge in [0.15, 0.2) is 16.4 Å². The molecule has 2 rings (SSSR count). The van der Waals surface area contributed by atoms with Crippen molar-refractivity contribution in [1.82, 2.24) is 5.32 Å². The third kappa shape index (κ3) is 5.59. The minimum Gasteiger partial charge on any atom is -0.484 e. The Morgan fingerprint density at radius 2 is 1.65 bits per heavy atom. The first-order valence-corrected chi connectivity index (χ1v) is 10.4. The van der Waals surface area contributed by atoms with E-state index in [1.165, 1.54) is 6.26 Å². The molecule has 6 heteroatoms. The summed E-state index contributed by atoms with van der Waals surface area (Å²) in [5, 5.41) is 2.93. The topological polar surface area (TPSA) is 72.5 Å². The Balaban J connectivity index is 1.99. The van der Waals surface area contributed by atoms with Gasteiger partial charge in [-0.3, -0.25) is 4.79 Å². The van der Waals surface area contributed by atoms with Gasteiger partial charge in [0, 0.05) is 6.26 Å². The van der Waals surface area contributed by atoms with Crippen molar-refractivity contribution in [2.75, 3.05) is 12.9 Å². The number of hydrogen-bond donors (Lipinski definition) is 1. The van der Waals surface area contributed by atoms with Crippen molar-refractivity contribution in [2.45, 2.75) is 38.1 Å². The number of aryl methyl sites for hydroxylation is 2. The molecule has 0 bridgehead atoms. The Kier molecular flexibility index (Phi) is 6.42. The number of amides is 1. The maximum absolute atomic E-state index is 12.2. The number of nitrogens with one attached hydrogen (secondary N) is 1. The maximum atomic E-state index is 12.2. The van der Waals surface area contributed by atoms with E-state index >= 15 is 0 Å². The van der Waals surface area contributed by atoms with Gasteiger partial charge in [-0.05, 0) is 61.2 Å². The molecule has 0 aliphatic rings. The molecular weight excluding hydrogens is 350 g/mol. The molecule has 0 aliphatic heterocycles.